The van der Waals surface area contributed by atoms with Gasteiger partial charge in [0.1, 0.15) is 5.82 Å². The molecular weight excluding hydrogens is 300 g/mol. The molecule has 1 fully saturated rings. The predicted octanol–water partition coefficient (Wildman–Crippen LogP) is 2.58. The van der Waals surface area contributed by atoms with E-state index in [0.29, 0.717) is 12.5 Å². The number of benzene rings is 1. The van der Waals surface area contributed by atoms with Crippen LogP contribution in [0.5, 0.6) is 0 Å². The average molecular weight is 328 g/mol. The van der Waals surface area contributed by atoms with Crippen molar-refractivity contribution in [2.24, 2.45) is 5.92 Å². The number of nitrogens with zero attached hydrogens (tertiary/aromatic N) is 3. The molecule has 0 radical (unpaired) electrons. The number of likely N-dealkylation sites (tertiary alicyclic amines) is 1. The summed E-state index contributed by atoms with van der Waals surface area (Å²) in [7, 11) is 0. The average Bonchev–Trinajstić information content (AvgIpc) is 2.84. The van der Waals surface area contributed by atoms with Gasteiger partial charge in [0.05, 0.1) is 17.6 Å². The van der Waals surface area contributed by atoms with Crippen molar-refractivity contribution in [3.63, 3.8) is 0 Å². The highest BCUT2D eigenvalue weighted by Crippen LogP contribution is 2.23. The van der Waals surface area contributed by atoms with E-state index in [1.807, 2.05) is 19.9 Å². The predicted molar refractivity (Wildman–Crippen MR) is 96.9 cm³/mol. The van der Waals surface area contributed by atoms with Gasteiger partial charge in [0.2, 0.25) is 5.91 Å². The number of piperidine rings is 1. The van der Waals surface area contributed by atoms with Gasteiger partial charge in [-0.05, 0) is 64.8 Å². The lowest BCUT2D eigenvalue weighted by Gasteiger charge is -2.32. The zero-order valence-electron chi connectivity index (χ0n) is 15.0. The molecule has 0 atom stereocenters. The fraction of sp³-hybridized carbons (Fsp3) is 0.579. The smallest absolute Gasteiger partial charge is 0.234 e. The third-order valence-electron chi connectivity index (χ3n) is 4.81. The number of carbonyl (C=O) groups excluding carboxylic acids is 1. The molecule has 1 aliphatic heterocycles. The lowest BCUT2D eigenvalue weighted by molar-refractivity contribution is -0.123. The molecule has 1 N–H and O–H groups in total. The van der Waals surface area contributed by atoms with Crippen molar-refractivity contribution < 1.29 is 4.79 Å². The summed E-state index contributed by atoms with van der Waals surface area (Å²) in [6, 6.07) is 8.57. The Morgan fingerprint density at radius 1 is 1.29 bits per heavy atom. The molecule has 0 spiro atoms. The number of fused-ring (bicyclic) bond motifs is 1. The fourth-order valence-electron chi connectivity index (χ4n) is 3.58. The first-order valence-corrected chi connectivity index (χ1v) is 8.96. The van der Waals surface area contributed by atoms with Crippen LogP contribution < -0.4 is 5.32 Å². The van der Waals surface area contributed by atoms with E-state index < -0.39 is 0 Å². The Hall–Kier alpha value is -1.88. The number of aryl methyl sites for hydroxylation is 1. The van der Waals surface area contributed by atoms with Crippen molar-refractivity contribution in [1.29, 1.82) is 0 Å². The Kier molecular flexibility index (Phi) is 5.19. The second-order valence-electron chi connectivity index (χ2n) is 7.20. The maximum Gasteiger partial charge on any atom is 0.234 e. The Morgan fingerprint density at radius 3 is 2.71 bits per heavy atom. The Bertz CT molecular complexity index is 698. The molecule has 3 rings (SSSR count). The molecule has 24 heavy (non-hydrogen) atoms. The van der Waals surface area contributed by atoms with Crippen LogP contribution in [0.4, 0.5) is 0 Å². The van der Waals surface area contributed by atoms with Gasteiger partial charge in [0.25, 0.3) is 0 Å². The molecule has 130 valence electrons. The summed E-state index contributed by atoms with van der Waals surface area (Å²) >= 11 is 0. The summed E-state index contributed by atoms with van der Waals surface area (Å²) in [4.78, 5) is 18.8. The molecule has 0 aliphatic carbocycles. The molecule has 5 nitrogen and oxygen atoms in total. The van der Waals surface area contributed by atoms with E-state index in [1.54, 1.807) is 0 Å². The molecule has 1 saturated heterocycles. The van der Waals surface area contributed by atoms with E-state index in [0.717, 1.165) is 43.8 Å². The number of aromatic nitrogens is 2. The molecule has 2 heterocycles. The third kappa shape index (κ3) is 3.96. The highest BCUT2D eigenvalue weighted by Gasteiger charge is 2.22. The van der Waals surface area contributed by atoms with E-state index in [-0.39, 0.29) is 11.9 Å². The molecule has 2 aromatic rings. The Morgan fingerprint density at radius 2 is 2.00 bits per heavy atom. The van der Waals surface area contributed by atoms with E-state index >= 15 is 0 Å². The molecule has 5 heteroatoms. The van der Waals surface area contributed by atoms with Crippen molar-refractivity contribution in [2.75, 3.05) is 19.6 Å². The first kappa shape index (κ1) is 17.0. The maximum atomic E-state index is 11.9. The summed E-state index contributed by atoms with van der Waals surface area (Å²) in [6.45, 7) is 9.65. The minimum absolute atomic E-state index is 0.139. The minimum atomic E-state index is 0.139. The van der Waals surface area contributed by atoms with Crippen LogP contribution in [0.25, 0.3) is 11.0 Å². The Labute approximate surface area is 144 Å². The molecule has 1 aromatic carbocycles. The summed E-state index contributed by atoms with van der Waals surface area (Å²) in [5, 5.41) is 2.97. The zero-order chi connectivity index (χ0) is 17.1. The van der Waals surface area contributed by atoms with Crippen LogP contribution in [0, 0.1) is 12.8 Å². The SMILES string of the molecule is Cc1nc2ccccc2n1CC1CCN(CC(=O)NC(C)C)CC1. The van der Waals surface area contributed by atoms with Gasteiger partial charge in [0, 0.05) is 12.6 Å². The van der Waals surface area contributed by atoms with Crippen LogP contribution >= 0.6 is 0 Å². The first-order chi connectivity index (χ1) is 11.5. The standard InChI is InChI=1S/C19H28N4O/c1-14(2)20-19(24)13-22-10-8-16(9-11-22)12-23-15(3)21-17-6-4-5-7-18(17)23/h4-7,14,16H,8-13H2,1-3H3,(H,20,24). The highest BCUT2D eigenvalue weighted by atomic mass is 16.2. The molecule has 1 aliphatic rings. The van der Waals surface area contributed by atoms with Crippen LogP contribution in [0.15, 0.2) is 24.3 Å². The molecule has 0 saturated carbocycles. The van der Waals surface area contributed by atoms with Crippen molar-refractivity contribution >= 4 is 16.9 Å². The second kappa shape index (κ2) is 7.34. The molecule has 1 aromatic heterocycles. The maximum absolute atomic E-state index is 11.9. The quantitative estimate of drug-likeness (QED) is 0.918. The lowest BCUT2D eigenvalue weighted by atomic mass is 9.96. The summed E-state index contributed by atoms with van der Waals surface area (Å²) in [5.41, 5.74) is 2.31. The number of amides is 1. The largest absolute Gasteiger partial charge is 0.353 e. The number of para-hydroxylation sites is 2. The van der Waals surface area contributed by atoms with Gasteiger partial charge >= 0.3 is 0 Å². The molecule has 0 unspecified atom stereocenters. The summed E-state index contributed by atoms with van der Waals surface area (Å²) < 4.78 is 2.35. The number of imidazole rings is 1. The summed E-state index contributed by atoms with van der Waals surface area (Å²) in [6.07, 6.45) is 2.28. The zero-order valence-corrected chi connectivity index (χ0v) is 15.0. The number of hydrogen-bond acceptors (Lipinski definition) is 3. The van der Waals surface area contributed by atoms with Crippen molar-refractivity contribution in [2.45, 2.75) is 46.2 Å². The van der Waals surface area contributed by atoms with E-state index in [1.165, 1.54) is 5.52 Å². The monoisotopic (exact) mass is 328 g/mol. The van der Waals surface area contributed by atoms with Crippen LogP contribution in [-0.2, 0) is 11.3 Å². The van der Waals surface area contributed by atoms with Crippen LogP contribution in [0.3, 0.4) is 0 Å². The minimum Gasteiger partial charge on any atom is -0.353 e. The van der Waals surface area contributed by atoms with Crippen molar-refractivity contribution in [1.82, 2.24) is 19.8 Å². The molecular formula is C19H28N4O. The van der Waals surface area contributed by atoms with Crippen LogP contribution in [0.2, 0.25) is 0 Å². The van der Waals surface area contributed by atoms with Gasteiger partial charge in [-0.2, -0.15) is 0 Å². The lowest BCUT2D eigenvalue weighted by Crippen LogP contribution is -2.43. The van der Waals surface area contributed by atoms with Gasteiger partial charge < -0.3 is 9.88 Å². The van der Waals surface area contributed by atoms with Crippen molar-refractivity contribution in [3.8, 4) is 0 Å². The van der Waals surface area contributed by atoms with Gasteiger partial charge in [-0.1, -0.05) is 12.1 Å². The van der Waals surface area contributed by atoms with Crippen LogP contribution in [-0.4, -0.2) is 46.0 Å². The Balaban J connectivity index is 1.55. The van der Waals surface area contributed by atoms with Gasteiger partial charge in [-0.25, -0.2) is 4.98 Å². The first-order valence-electron chi connectivity index (χ1n) is 8.96. The van der Waals surface area contributed by atoms with E-state index in [4.69, 9.17) is 0 Å². The summed E-state index contributed by atoms with van der Waals surface area (Å²) in [5.74, 6) is 1.89. The van der Waals surface area contributed by atoms with E-state index in [2.05, 4.69) is 44.9 Å². The van der Waals surface area contributed by atoms with E-state index in [9.17, 15) is 4.79 Å². The number of carbonyl (C=O) groups is 1. The van der Waals surface area contributed by atoms with Gasteiger partial charge in [0.15, 0.2) is 0 Å². The highest BCUT2D eigenvalue weighted by molar-refractivity contribution is 5.78. The number of hydrogen-bond donors (Lipinski definition) is 1. The number of nitrogens with one attached hydrogen (secondary N) is 1. The topological polar surface area (TPSA) is 50.2 Å². The normalized spacial score (nSPS) is 16.8. The van der Waals surface area contributed by atoms with Gasteiger partial charge in [-0.15, -0.1) is 0 Å². The third-order valence-corrected chi connectivity index (χ3v) is 4.81. The second-order valence-corrected chi connectivity index (χ2v) is 7.20. The van der Waals surface area contributed by atoms with Crippen LogP contribution in [0.1, 0.15) is 32.5 Å². The number of rotatable bonds is 5. The van der Waals surface area contributed by atoms with Crippen molar-refractivity contribution in [3.05, 3.63) is 30.1 Å². The molecule has 1 amide bonds. The molecule has 0 bridgehead atoms. The fourth-order valence-corrected chi connectivity index (χ4v) is 3.58. The van der Waals surface area contributed by atoms with Gasteiger partial charge in [-0.3, -0.25) is 9.69 Å².